The van der Waals surface area contributed by atoms with E-state index < -0.39 is 0 Å². The second-order valence-corrected chi connectivity index (χ2v) is 4.67. The molecule has 0 saturated heterocycles. The lowest BCUT2D eigenvalue weighted by atomic mass is 10.0. The Morgan fingerprint density at radius 1 is 1.44 bits per heavy atom. The highest BCUT2D eigenvalue weighted by Crippen LogP contribution is 2.31. The molecular formula is C13H17ClN2. The van der Waals surface area contributed by atoms with Crippen LogP contribution in [0.2, 0.25) is 5.02 Å². The van der Waals surface area contributed by atoms with Gasteiger partial charge in [0, 0.05) is 22.6 Å². The number of nitrogens with one attached hydrogen (secondary N) is 1. The molecule has 0 aliphatic rings. The fourth-order valence-corrected chi connectivity index (χ4v) is 2.50. The highest BCUT2D eigenvalue weighted by molar-refractivity contribution is 6.36. The molecule has 0 spiro atoms. The van der Waals surface area contributed by atoms with Gasteiger partial charge in [0.05, 0.1) is 5.02 Å². The molecule has 3 heteroatoms. The number of benzene rings is 1. The van der Waals surface area contributed by atoms with E-state index in [2.05, 4.69) is 24.0 Å². The largest absolute Gasteiger partial charge is 0.357 e. The number of rotatable bonds is 3. The van der Waals surface area contributed by atoms with Crippen LogP contribution in [0.25, 0.3) is 10.9 Å². The Balaban J connectivity index is 2.61. The lowest BCUT2D eigenvalue weighted by molar-refractivity contribution is 0.742. The van der Waals surface area contributed by atoms with Crippen LogP contribution in [-0.2, 0) is 12.8 Å². The van der Waals surface area contributed by atoms with Crippen molar-refractivity contribution in [1.82, 2.24) is 4.98 Å². The van der Waals surface area contributed by atoms with Crippen molar-refractivity contribution < 1.29 is 0 Å². The second-order valence-electron chi connectivity index (χ2n) is 4.29. The van der Waals surface area contributed by atoms with Gasteiger partial charge in [0.15, 0.2) is 0 Å². The SMILES string of the molecule is CCc1[nH]c2cccc(CC(C)N)c2c1Cl. The topological polar surface area (TPSA) is 41.8 Å². The summed E-state index contributed by atoms with van der Waals surface area (Å²) in [7, 11) is 0. The Labute approximate surface area is 101 Å². The average molecular weight is 237 g/mol. The summed E-state index contributed by atoms with van der Waals surface area (Å²) < 4.78 is 0. The smallest absolute Gasteiger partial charge is 0.0694 e. The minimum Gasteiger partial charge on any atom is -0.357 e. The maximum atomic E-state index is 6.37. The normalized spacial score (nSPS) is 13.2. The number of halogens is 1. The Hall–Kier alpha value is -0.990. The molecule has 2 rings (SSSR count). The van der Waals surface area contributed by atoms with E-state index in [0.29, 0.717) is 0 Å². The van der Waals surface area contributed by atoms with Crippen molar-refractivity contribution in [2.24, 2.45) is 5.73 Å². The minimum atomic E-state index is 0.154. The van der Waals surface area contributed by atoms with Crippen LogP contribution in [0.4, 0.5) is 0 Å². The van der Waals surface area contributed by atoms with Crippen LogP contribution in [-0.4, -0.2) is 11.0 Å². The molecule has 1 atom stereocenters. The molecule has 0 fully saturated rings. The summed E-state index contributed by atoms with van der Waals surface area (Å²) in [5.41, 5.74) is 9.30. The predicted molar refractivity (Wildman–Crippen MR) is 70.0 cm³/mol. The van der Waals surface area contributed by atoms with E-state index in [1.165, 1.54) is 5.56 Å². The molecule has 86 valence electrons. The highest BCUT2D eigenvalue weighted by Gasteiger charge is 2.12. The van der Waals surface area contributed by atoms with Gasteiger partial charge in [-0.25, -0.2) is 0 Å². The van der Waals surface area contributed by atoms with Crippen LogP contribution in [0.15, 0.2) is 18.2 Å². The lowest BCUT2D eigenvalue weighted by Crippen LogP contribution is -2.17. The summed E-state index contributed by atoms with van der Waals surface area (Å²) in [5, 5.41) is 1.99. The molecule has 16 heavy (non-hydrogen) atoms. The van der Waals surface area contributed by atoms with Crippen LogP contribution in [0.3, 0.4) is 0 Å². The Morgan fingerprint density at radius 2 is 2.19 bits per heavy atom. The molecule has 2 aromatic rings. The summed E-state index contributed by atoms with van der Waals surface area (Å²) in [5.74, 6) is 0. The van der Waals surface area contributed by atoms with Gasteiger partial charge in [-0.05, 0) is 31.4 Å². The predicted octanol–water partition coefficient (Wildman–Crippen LogP) is 3.27. The van der Waals surface area contributed by atoms with Crippen LogP contribution in [0, 0.1) is 0 Å². The van der Waals surface area contributed by atoms with Gasteiger partial charge in [-0.1, -0.05) is 30.7 Å². The van der Waals surface area contributed by atoms with Crippen molar-refractivity contribution in [1.29, 1.82) is 0 Å². The number of aromatic amines is 1. The Morgan fingerprint density at radius 3 is 2.81 bits per heavy atom. The summed E-state index contributed by atoms with van der Waals surface area (Å²) >= 11 is 6.37. The first-order valence-electron chi connectivity index (χ1n) is 5.67. The van der Waals surface area contributed by atoms with E-state index in [4.69, 9.17) is 17.3 Å². The van der Waals surface area contributed by atoms with Crippen molar-refractivity contribution >= 4 is 22.5 Å². The van der Waals surface area contributed by atoms with E-state index >= 15 is 0 Å². The lowest BCUT2D eigenvalue weighted by Gasteiger charge is -2.06. The number of H-pyrrole nitrogens is 1. The summed E-state index contributed by atoms with van der Waals surface area (Å²) in [6.45, 7) is 4.11. The first-order chi connectivity index (χ1) is 7.63. The number of fused-ring (bicyclic) bond motifs is 1. The second kappa shape index (κ2) is 4.48. The molecule has 0 saturated carbocycles. The first kappa shape index (κ1) is 11.5. The quantitative estimate of drug-likeness (QED) is 0.844. The summed E-state index contributed by atoms with van der Waals surface area (Å²) in [6.07, 6.45) is 1.78. The Bertz CT molecular complexity index is 500. The van der Waals surface area contributed by atoms with Gasteiger partial charge >= 0.3 is 0 Å². The van der Waals surface area contributed by atoms with E-state index in [0.717, 1.165) is 34.5 Å². The summed E-state index contributed by atoms with van der Waals surface area (Å²) in [6, 6.07) is 6.36. The number of aromatic nitrogens is 1. The number of hydrogen-bond acceptors (Lipinski definition) is 1. The number of hydrogen-bond donors (Lipinski definition) is 2. The van der Waals surface area contributed by atoms with Crippen LogP contribution in [0.5, 0.6) is 0 Å². The molecule has 1 aromatic heterocycles. The summed E-state index contributed by atoms with van der Waals surface area (Å²) in [4.78, 5) is 3.35. The van der Waals surface area contributed by atoms with Crippen LogP contribution < -0.4 is 5.73 Å². The van der Waals surface area contributed by atoms with Crippen molar-refractivity contribution in [2.75, 3.05) is 0 Å². The first-order valence-corrected chi connectivity index (χ1v) is 6.04. The van der Waals surface area contributed by atoms with Crippen molar-refractivity contribution in [3.05, 3.63) is 34.5 Å². The third kappa shape index (κ3) is 1.95. The van der Waals surface area contributed by atoms with Crippen molar-refractivity contribution in [3.63, 3.8) is 0 Å². The zero-order chi connectivity index (χ0) is 11.7. The fraction of sp³-hybridized carbons (Fsp3) is 0.385. The van der Waals surface area contributed by atoms with Gasteiger partial charge in [0.2, 0.25) is 0 Å². The maximum Gasteiger partial charge on any atom is 0.0694 e. The highest BCUT2D eigenvalue weighted by atomic mass is 35.5. The molecule has 1 unspecified atom stereocenters. The molecule has 0 bridgehead atoms. The third-order valence-corrected chi connectivity index (χ3v) is 3.23. The van der Waals surface area contributed by atoms with Gasteiger partial charge < -0.3 is 10.7 Å². The van der Waals surface area contributed by atoms with E-state index in [-0.39, 0.29) is 6.04 Å². The van der Waals surface area contributed by atoms with E-state index in [1.807, 2.05) is 13.0 Å². The zero-order valence-electron chi connectivity index (χ0n) is 9.68. The molecular weight excluding hydrogens is 220 g/mol. The molecule has 0 amide bonds. The average Bonchev–Trinajstić information content (AvgIpc) is 2.56. The monoisotopic (exact) mass is 236 g/mol. The minimum absolute atomic E-state index is 0.154. The van der Waals surface area contributed by atoms with Crippen molar-refractivity contribution in [3.8, 4) is 0 Å². The van der Waals surface area contributed by atoms with Gasteiger partial charge in [-0.15, -0.1) is 0 Å². The van der Waals surface area contributed by atoms with Gasteiger partial charge in [-0.2, -0.15) is 0 Å². The molecule has 1 aromatic carbocycles. The van der Waals surface area contributed by atoms with Gasteiger partial charge in [-0.3, -0.25) is 0 Å². The standard InChI is InChI=1S/C13H17ClN2/c1-3-10-13(14)12-9(7-8(2)15)5-4-6-11(12)16-10/h4-6,8,16H,3,7,15H2,1-2H3. The molecule has 0 aliphatic carbocycles. The number of aryl methyl sites for hydroxylation is 1. The molecule has 1 heterocycles. The van der Waals surface area contributed by atoms with Crippen LogP contribution >= 0.6 is 11.6 Å². The molecule has 0 aliphatic heterocycles. The zero-order valence-corrected chi connectivity index (χ0v) is 10.4. The Kier molecular flexibility index (Phi) is 3.22. The van der Waals surface area contributed by atoms with Crippen molar-refractivity contribution in [2.45, 2.75) is 32.7 Å². The third-order valence-electron chi connectivity index (χ3n) is 2.82. The number of nitrogens with two attached hydrogens (primary N) is 1. The molecule has 2 nitrogen and oxygen atoms in total. The fourth-order valence-electron chi connectivity index (χ4n) is 2.09. The molecule has 0 radical (unpaired) electrons. The van der Waals surface area contributed by atoms with E-state index in [9.17, 15) is 0 Å². The maximum absolute atomic E-state index is 6.37. The van der Waals surface area contributed by atoms with Gasteiger partial charge in [0.1, 0.15) is 0 Å². The van der Waals surface area contributed by atoms with Crippen LogP contribution in [0.1, 0.15) is 25.1 Å². The van der Waals surface area contributed by atoms with Gasteiger partial charge in [0.25, 0.3) is 0 Å². The van der Waals surface area contributed by atoms with E-state index in [1.54, 1.807) is 0 Å². The molecule has 3 N–H and O–H groups in total.